The van der Waals surface area contributed by atoms with E-state index in [1.54, 1.807) is 25.3 Å². The Bertz CT molecular complexity index is 546. The van der Waals surface area contributed by atoms with Crippen molar-refractivity contribution >= 4 is 13.3 Å². The fourth-order valence-corrected chi connectivity index (χ4v) is 3.90. The van der Waals surface area contributed by atoms with Gasteiger partial charge in [-0.25, -0.2) is 4.79 Å². The minimum atomic E-state index is -1.96. The number of hydrogen-bond donors (Lipinski definition) is 0. The number of benzene rings is 1. The summed E-state index contributed by atoms with van der Waals surface area (Å²) < 4.78 is 22.7. The molecule has 0 aromatic heterocycles. The summed E-state index contributed by atoms with van der Waals surface area (Å²) in [6, 6.07) is 4.92. The molecule has 0 amide bonds. The van der Waals surface area contributed by atoms with E-state index in [0.29, 0.717) is 23.2 Å². The van der Waals surface area contributed by atoms with Crippen LogP contribution in [0.4, 0.5) is 0 Å². The summed E-state index contributed by atoms with van der Waals surface area (Å²) in [5.41, 5.74) is 0.166. The second-order valence-corrected chi connectivity index (χ2v) is 8.33. The van der Waals surface area contributed by atoms with Crippen LogP contribution in [0.3, 0.4) is 0 Å². The summed E-state index contributed by atoms with van der Waals surface area (Å²) in [5.74, 6) is 1.23. The minimum Gasteiger partial charge on any atom is -0.497 e. The molecule has 0 spiro atoms. The van der Waals surface area contributed by atoms with Gasteiger partial charge in [-0.15, -0.1) is 0 Å². The Morgan fingerprint density at radius 1 is 1.23 bits per heavy atom. The summed E-state index contributed by atoms with van der Waals surface area (Å²) in [6.07, 6.45) is 1.34. The van der Waals surface area contributed by atoms with Gasteiger partial charge in [0.05, 0.1) is 14.2 Å². The van der Waals surface area contributed by atoms with E-state index in [1.807, 2.05) is 6.92 Å². The average Bonchev–Trinajstić information content (AvgIpc) is 2.43. The minimum absolute atomic E-state index is 0.163. The third kappa shape index (κ3) is 5.42. The van der Waals surface area contributed by atoms with Gasteiger partial charge in [-0.3, -0.25) is 0 Å². The molecule has 2 atom stereocenters. The molecule has 1 aromatic rings. The van der Waals surface area contributed by atoms with Crippen LogP contribution >= 0.6 is 7.80 Å². The molecule has 4 nitrogen and oxygen atoms in total. The van der Waals surface area contributed by atoms with Crippen LogP contribution in [0, 0.1) is 11.3 Å². The van der Waals surface area contributed by atoms with E-state index >= 15 is 0 Å². The molecule has 0 radical (unpaired) electrons. The lowest BCUT2D eigenvalue weighted by Crippen LogP contribution is -2.13. The maximum Gasteiger partial charge on any atom is 0.420 e. The maximum absolute atomic E-state index is 12.4. The van der Waals surface area contributed by atoms with Crippen LogP contribution in [0.15, 0.2) is 18.2 Å². The molecule has 0 bridgehead atoms. The van der Waals surface area contributed by atoms with Gasteiger partial charge in [0.15, 0.2) is 6.16 Å². The van der Waals surface area contributed by atoms with E-state index in [-0.39, 0.29) is 16.9 Å². The topological polar surface area (TPSA) is 52.6 Å². The quantitative estimate of drug-likeness (QED) is 0.679. The third-order valence-corrected chi connectivity index (χ3v) is 4.95. The number of ether oxygens (including phenoxy) is 2. The Balaban J connectivity index is 2.85. The van der Waals surface area contributed by atoms with Gasteiger partial charge in [-0.05, 0) is 24.0 Å². The summed E-state index contributed by atoms with van der Waals surface area (Å²) in [7, 11) is 1.08. The first kappa shape index (κ1) is 18.6. The Morgan fingerprint density at radius 2 is 1.86 bits per heavy atom. The van der Waals surface area contributed by atoms with Crippen molar-refractivity contribution in [2.75, 3.05) is 20.4 Å². The molecule has 0 heterocycles. The van der Waals surface area contributed by atoms with E-state index in [9.17, 15) is 9.36 Å². The Labute approximate surface area is 134 Å². The van der Waals surface area contributed by atoms with E-state index < -0.39 is 7.80 Å². The SMILES string of the molecule is COc1ccc(C(=O)[P+](=O)CC(C)CC(C)(C)C)c(OC)c1. The molecule has 0 aliphatic heterocycles. The maximum atomic E-state index is 12.4. The molecular weight excluding hydrogens is 299 g/mol. The van der Waals surface area contributed by atoms with Crippen molar-refractivity contribution in [3.8, 4) is 11.5 Å². The summed E-state index contributed by atoms with van der Waals surface area (Å²) >= 11 is 0. The number of methoxy groups -OCH3 is 2. The highest BCUT2D eigenvalue weighted by molar-refractivity contribution is 7.64. The zero-order chi connectivity index (χ0) is 16.9. The fourth-order valence-electron chi connectivity index (χ4n) is 2.59. The standard InChI is InChI=1S/C17H26O4P/c1-12(10-17(2,3)4)11-22(19)16(18)14-8-7-13(20-5)9-15(14)21-6/h7-9,12H,10-11H2,1-6H3/q+1. The van der Waals surface area contributed by atoms with Gasteiger partial charge in [0.25, 0.3) is 0 Å². The first-order chi connectivity index (χ1) is 10.2. The van der Waals surface area contributed by atoms with Crippen LogP contribution in [0.25, 0.3) is 0 Å². The van der Waals surface area contributed by atoms with Crippen LogP contribution in [-0.4, -0.2) is 25.9 Å². The molecule has 122 valence electrons. The van der Waals surface area contributed by atoms with Gasteiger partial charge in [-0.1, -0.05) is 32.3 Å². The van der Waals surface area contributed by atoms with E-state index in [1.165, 1.54) is 7.11 Å². The molecule has 0 N–H and O–H groups in total. The van der Waals surface area contributed by atoms with E-state index in [2.05, 4.69) is 20.8 Å². The van der Waals surface area contributed by atoms with E-state index in [0.717, 1.165) is 6.42 Å². The molecule has 0 saturated carbocycles. The zero-order valence-electron chi connectivity index (χ0n) is 14.3. The zero-order valence-corrected chi connectivity index (χ0v) is 15.2. The number of carbonyl (C=O) groups is 1. The summed E-state index contributed by atoms with van der Waals surface area (Å²) in [5, 5.41) is 0. The monoisotopic (exact) mass is 325 g/mol. The Morgan fingerprint density at radius 3 is 2.36 bits per heavy atom. The highest BCUT2D eigenvalue weighted by atomic mass is 31.1. The Kier molecular flexibility index (Phi) is 6.55. The number of carbonyl (C=O) groups excluding carboxylic acids is 1. The van der Waals surface area contributed by atoms with E-state index in [4.69, 9.17) is 9.47 Å². The highest BCUT2D eigenvalue weighted by Crippen LogP contribution is 2.37. The average molecular weight is 325 g/mol. The normalized spacial score (nSPS) is 13.5. The molecule has 5 heteroatoms. The second-order valence-electron chi connectivity index (χ2n) is 6.80. The second kappa shape index (κ2) is 7.73. The molecular formula is C17H26O4P+. The van der Waals surface area contributed by atoms with Gasteiger partial charge < -0.3 is 9.47 Å². The van der Waals surface area contributed by atoms with Gasteiger partial charge >= 0.3 is 13.3 Å². The molecule has 0 fully saturated rings. The molecule has 0 saturated heterocycles. The van der Waals surface area contributed by atoms with Crippen LogP contribution in [0.5, 0.6) is 11.5 Å². The largest absolute Gasteiger partial charge is 0.497 e. The van der Waals surface area contributed by atoms with Gasteiger partial charge in [0.2, 0.25) is 0 Å². The number of hydrogen-bond acceptors (Lipinski definition) is 4. The fraction of sp³-hybridized carbons (Fsp3) is 0.588. The summed E-state index contributed by atoms with van der Waals surface area (Å²) in [6.45, 7) is 8.47. The van der Waals surface area contributed by atoms with Crippen LogP contribution in [0.2, 0.25) is 0 Å². The van der Waals surface area contributed by atoms with Crippen molar-refractivity contribution in [3.63, 3.8) is 0 Å². The van der Waals surface area contributed by atoms with Crippen LogP contribution in [0.1, 0.15) is 44.5 Å². The molecule has 0 aliphatic rings. The van der Waals surface area contributed by atoms with Gasteiger partial charge in [-0.2, -0.15) is 0 Å². The number of rotatable bonds is 7. The highest BCUT2D eigenvalue weighted by Gasteiger charge is 2.35. The van der Waals surface area contributed by atoms with Crippen molar-refractivity contribution in [1.82, 2.24) is 0 Å². The molecule has 1 aromatic carbocycles. The predicted molar refractivity (Wildman–Crippen MR) is 89.6 cm³/mol. The lowest BCUT2D eigenvalue weighted by atomic mass is 9.86. The third-order valence-electron chi connectivity index (χ3n) is 3.30. The molecule has 22 heavy (non-hydrogen) atoms. The van der Waals surface area contributed by atoms with Gasteiger partial charge in [0.1, 0.15) is 17.1 Å². The van der Waals surface area contributed by atoms with Crippen molar-refractivity contribution in [2.24, 2.45) is 11.3 Å². The predicted octanol–water partition coefficient (Wildman–Crippen LogP) is 4.74. The Hall–Kier alpha value is -1.41. The van der Waals surface area contributed by atoms with Crippen molar-refractivity contribution in [2.45, 2.75) is 34.1 Å². The smallest absolute Gasteiger partial charge is 0.420 e. The van der Waals surface area contributed by atoms with Crippen molar-refractivity contribution in [1.29, 1.82) is 0 Å². The summed E-state index contributed by atoms with van der Waals surface area (Å²) in [4.78, 5) is 12.4. The van der Waals surface area contributed by atoms with Crippen LogP contribution in [-0.2, 0) is 4.57 Å². The van der Waals surface area contributed by atoms with Gasteiger partial charge in [0, 0.05) is 12.0 Å². The van der Waals surface area contributed by atoms with Crippen molar-refractivity contribution < 1.29 is 18.8 Å². The molecule has 0 aliphatic carbocycles. The lowest BCUT2D eigenvalue weighted by molar-refractivity contribution is 0.107. The molecule has 1 rings (SSSR count). The van der Waals surface area contributed by atoms with Crippen LogP contribution < -0.4 is 9.47 Å². The first-order valence-electron chi connectivity index (χ1n) is 7.39. The molecule has 2 unspecified atom stereocenters. The lowest BCUT2D eigenvalue weighted by Gasteiger charge is -2.20. The first-order valence-corrected chi connectivity index (χ1v) is 8.83. The van der Waals surface area contributed by atoms with Crippen molar-refractivity contribution in [3.05, 3.63) is 23.8 Å².